The van der Waals surface area contributed by atoms with E-state index in [1.807, 2.05) is 0 Å². The highest BCUT2D eigenvalue weighted by Gasteiger charge is 2.30. The molecule has 0 aliphatic rings. The summed E-state index contributed by atoms with van der Waals surface area (Å²) < 4.78 is 10.6. The van der Waals surface area contributed by atoms with Crippen LogP contribution in [-0.4, -0.2) is 38.7 Å². The van der Waals surface area contributed by atoms with Crippen LogP contribution in [0.15, 0.2) is 24.3 Å². The lowest BCUT2D eigenvalue weighted by Gasteiger charge is -2.30. The summed E-state index contributed by atoms with van der Waals surface area (Å²) >= 11 is 12.4. The monoisotopic (exact) mass is 318 g/mol. The van der Waals surface area contributed by atoms with Gasteiger partial charge in [-0.05, 0) is 25.3 Å². The smallest absolute Gasteiger partial charge is 0.0487 e. The summed E-state index contributed by atoms with van der Waals surface area (Å²) in [5, 5.41) is 0. The Kier molecular flexibility index (Phi) is 8.55. The summed E-state index contributed by atoms with van der Waals surface area (Å²) in [4.78, 5) is 0. The van der Waals surface area contributed by atoms with Crippen LogP contribution in [0, 0.1) is 6.92 Å². The lowest BCUT2D eigenvalue weighted by Crippen LogP contribution is -2.32. The summed E-state index contributed by atoms with van der Waals surface area (Å²) in [6.07, 6.45) is 1.74. The average Bonchev–Trinajstić information content (AvgIpc) is 2.47. The van der Waals surface area contributed by atoms with Crippen molar-refractivity contribution in [3.8, 4) is 0 Å². The standard InChI is InChI=1S/C16H24Cl2O2/c1-14-5-3-6-15(11-14)16(12-17,13-18)7-10-20-9-4-8-19-2/h3,5-6,11H,4,7-10,12-13H2,1-2H3. The van der Waals surface area contributed by atoms with Gasteiger partial charge in [0.1, 0.15) is 0 Å². The molecule has 0 atom stereocenters. The molecule has 0 radical (unpaired) electrons. The second-order valence-corrected chi connectivity index (χ2v) is 5.66. The highest BCUT2D eigenvalue weighted by molar-refractivity contribution is 6.22. The van der Waals surface area contributed by atoms with Crippen molar-refractivity contribution in [2.45, 2.75) is 25.2 Å². The van der Waals surface area contributed by atoms with Crippen molar-refractivity contribution in [3.63, 3.8) is 0 Å². The van der Waals surface area contributed by atoms with Gasteiger partial charge in [-0.3, -0.25) is 0 Å². The largest absolute Gasteiger partial charge is 0.385 e. The molecule has 20 heavy (non-hydrogen) atoms. The summed E-state index contributed by atoms with van der Waals surface area (Å²) in [7, 11) is 1.70. The van der Waals surface area contributed by atoms with Crippen molar-refractivity contribution in [2.75, 3.05) is 38.7 Å². The second-order valence-electron chi connectivity index (χ2n) is 5.13. The van der Waals surface area contributed by atoms with Gasteiger partial charge in [-0.25, -0.2) is 0 Å². The van der Waals surface area contributed by atoms with Crippen molar-refractivity contribution in [3.05, 3.63) is 35.4 Å². The molecule has 1 aromatic rings. The molecule has 0 saturated heterocycles. The van der Waals surface area contributed by atoms with Crippen LogP contribution in [0.2, 0.25) is 0 Å². The average molecular weight is 319 g/mol. The van der Waals surface area contributed by atoms with E-state index in [0.29, 0.717) is 25.0 Å². The number of ether oxygens (including phenoxy) is 2. The van der Waals surface area contributed by atoms with Crippen LogP contribution in [0.3, 0.4) is 0 Å². The maximum absolute atomic E-state index is 6.21. The first-order chi connectivity index (χ1) is 9.68. The van der Waals surface area contributed by atoms with E-state index in [1.165, 1.54) is 11.1 Å². The molecule has 4 heteroatoms. The van der Waals surface area contributed by atoms with Crippen LogP contribution in [0.4, 0.5) is 0 Å². The zero-order valence-electron chi connectivity index (χ0n) is 12.3. The van der Waals surface area contributed by atoms with Gasteiger partial charge in [0.05, 0.1) is 0 Å². The zero-order valence-corrected chi connectivity index (χ0v) is 13.8. The number of alkyl halides is 2. The van der Waals surface area contributed by atoms with Gasteiger partial charge in [-0.2, -0.15) is 0 Å². The minimum Gasteiger partial charge on any atom is -0.385 e. The van der Waals surface area contributed by atoms with E-state index in [1.54, 1.807) is 7.11 Å². The first kappa shape index (κ1) is 17.8. The second kappa shape index (κ2) is 9.62. The molecule has 0 bridgehead atoms. The fourth-order valence-electron chi connectivity index (χ4n) is 2.12. The number of benzene rings is 1. The van der Waals surface area contributed by atoms with E-state index in [-0.39, 0.29) is 5.41 Å². The predicted molar refractivity (Wildman–Crippen MR) is 86.2 cm³/mol. The van der Waals surface area contributed by atoms with Gasteiger partial charge in [0.15, 0.2) is 0 Å². The maximum atomic E-state index is 6.21. The van der Waals surface area contributed by atoms with Crippen molar-refractivity contribution in [2.24, 2.45) is 0 Å². The quantitative estimate of drug-likeness (QED) is 0.476. The van der Waals surface area contributed by atoms with Gasteiger partial charge in [-0.1, -0.05) is 29.8 Å². The molecule has 0 unspecified atom stereocenters. The van der Waals surface area contributed by atoms with E-state index < -0.39 is 0 Å². The summed E-state index contributed by atoms with van der Waals surface area (Å²) in [5.41, 5.74) is 2.21. The molecule has 0 spiro atoms. The topological polar surface area (TPSA) is 18.5 Å². The maximum Gasteiger partial charge on any atom is 0.0487 e. The molecule has 1 rings (SSSR count). The minimum atomic E-state index is -0.212. The summed E-state index contributed by atoms with van der Waals surface area (Å²) in [6, 6.07) is 8.40. The Morgan fingerprint density at radius 3 is 2.45 bits per heavy atom. The van der Waals surface area contributed by atoms with Crippen LogP contribution < -0.4 is 0 Å². The van der Waals surface area contributed by atoms with Crippen LogP contribution in [0.1, 0.15) is 24.0 Å². The molecule has 0 N–H and O–H groups in total. The number of methoxy groups -OCH3 is 1. The fraction of sp³-hybridized carbons (Fsp3) is 0.625. The lowest BCUT2D eigenvalue weighted by molar-refractivity contribution is 0.0931. The number of rotatable bonds is 10. The first-order valence-corrected chi connectivity index (χ1v) is 8.01. The Bertz CT molecular complexity index is 378. The van der Waals surface area contributed by atoms with E-state index in [2.05, 4.69) is 31.2 Å². The zero-order chi connectivity index (χ0) is 14.8. The Hall–Kier alpha value is -0.280. The third kappa shape index (κ3) is 5.25. The van der Waals surface area contributed by atoms with Crippen molar-refractivity contribution >= 4 is 23.2 Å². The number of halogens is 2. The van der Waals surface area contributed by atoms with Crippen LogP contribution in [0.5, 0.6) is 0 Å². The number of hydrogen-bond acceptors (Lipinski definition) is 2. The van der Waals surface area contributed by atoms with Gasteiger partial charge in [0.2, 0.25) is 0 Å². The van der Waals surface area contributed by atoms with E-state index >= 15 is 0 Å². The molecule has 0 aromatic heterocycles. The van der Waals surface area contributed by atoms with Crippen molar-refractivity contribution < 1.29 is 9.47 Å². The molecule has 0 aliphatic carbocycles. The third-order valence-corrected chi connectivity index (χ3v) is 4.53. The normalized spacial score (nSPS) is 11.8. The Labute approximate surface area is 132 Å². The molecular formula is C16H24Cl2O2. The summed E-state index contributed by atoms with van der Waals surface area (Å²) in [5.74, 6) is 1.00. The van der Waals surface area contributed by atoms with Crippen LogP contribution in [0.25, 0.3) is 0 Å². The highest BCUT2D eigenvalue weighted by atomic mass is 35.5. The van der Waals surface area contributed by atoms with E-state index in [4.69, 9.17) is 32.7 Å². The molecule has 0 saturated carbocycles. The molecule has 0 amide bonds. The Morgan fingerprint density at radius 2 is 1.85 bits per heavy atom. The van der Waals surface area contributed by atoms with Gasteiger partial charge in [-0.15, -0.1) is 23.2 Å². The third-order valence-electron chi connectivity index (χ3n) is 3.50. The van der Waals surface area contributed by atoms with Crippen LogP contribution in [-0.2, 0) is 14.9 Å². The van der Waals surface area contributed by atoms with Crippen molar-refractivity contribution in [1.29, 1.82) is 0 Å². The molecule has 2 nitrogen and oxygen atoms in total. The van der Waals surface area contributed by atoms with Gasteiger partial charge in [0, 0.05) is 44.1 Å². The first-order valence-electron chi connectivity index (χ1n) is 6.94. The summed E-state index contributed by atoms with van der Waals surface area (Å²) in [6.45, 7) is 4.19. The molecule has 0 fully saturated rings. The van der Waals surface area contributed by atoms with Crippen molar-refractivity contribution in [1.82, 2.24) is 0 Å². The molecular weight excluding hydrogens is 295 g/mol. The predicted octanol–water partition coefficient (Wildman–Crippen LogP) is 4.15. The number of hydrogen-bond donors (Lipinski definition) is 0. The Morgan fingerprint density at radius 1 is 1.10 bits per heavy atom. The molecule has 0 aliphatic heterocycles. The van der Waals surface area contributed by atoms with E-state index in [0.717, 1.165) is 19.4 Å². The van der Waals surface area contributed by atoms with Gasteiger partial charge in [0.25, 0.3) is 0 Å². The molecule has 1 aromatic carbocycles. The SMILES string of the molecule is COCCCOCCC(CCl)(CCl)c1cccc(C)c1. The van der Waals surface area contributed by atoms with Gasteiger partial charge < -0.3 is 9.47 Å². The van der Waals surface area contributed by atoms with Gasteiger partial charge >= 0.3 is 0 Å². The fourth-order valence-corrected chi connectivity index (χ4v) is 2.98. The van der Waals surface area contributed by atoms with E-state index in [9.17, 15) is 0 Å². The lowest BCUT2D eigenvalue weighted by atomic mass is 9.81. The molecule has 114 valence electrons. The minimum absolute atomic E-state index is 0.212. The number of aryl methyl sites for hydroxylation is 1. The Balaban J connectivity index is 2.58. The highest BCUT2D eigenvalue weighted by Crippen LogP contribution is 2.31. The van der Waals surface area contributed by atoms with Crippen LogP contribution >= 0.6 is 23.2 Å². The molecule has 0 heterocycles.